The highest BCUT2D eigenvalue weighted by atomic mass is 32.1. The Hall–Kier alpha value is -0.640. The highest BCUT2D eigenvalue weighted by Gasteiger charge is 2.44. The second-order valence-electron chi connectivity index (χ2n) is 6.11. The predicted octanol–water partition coefficient (Wildman–Crippen LogP) is 2.97. The van der Waals surface area contributed by atoms with Crippen LogP contribution < -0.4 is 5.73 Å². The number of hydrogen-bond acceptors (Lipinski definition) is 2. The van der Waals surface area contributed by atoms with Crippen molar-refractivity contribution in [3.05, 3.63) is 0 Å². The van der Waals surface area contributed by atoms with Gasteiger partial charge in [-0.2, -0.15) is 0 Å². The van der Waals surface area contributed by atoms with E-state index in [4.69, 9.17) is 18.0 Å². The van der Waals surface area contributed by atoms with Gasteiger partial charge in [0.05, 0.1) is 10.4 Å². The maximum Gasteiger partial charge on any atom is 0.235 e. The molecule has 4 heteroatoms. The molecule has 1 aliphatic heterocycles. The van der Waals surface area contributed by atoms with E-state index in [1.165, 1.54) is 0 Å². The van der Waals surface area contributed by atoms with Gasteiger partial charge in [0, 0.05) is 13.1 Å². The first-order chi connectivity index (χ1) is 8.89. The van der Waals surface area contributed by atoms with Gasteiger partial charge in [-0.05, 0) is 24.7 Å². The maximum absolute atomic E-state index is 12.9. The smallest absolute Gasteiger partial charge is 0.235 e. The van der Waals surface area contributed by atoms with E-state index in [1.54, 1.807) is 0 Å². The third-order valence-corrected chi connectivity index (χ3v) is 4.90. The summed E-state index contributed by atoms with van der Waals surface area (Å²) in [5.41, 5.74) is 5.36. The van der Waals surface area contributed by atoms with Crippen LogP contribution in [-0.2, 0) is 4.79 Å². The van der Waals surface area contributed by atoms with Crippen molar-refractivity contribution in [2.45, 2.75) is 53.4 Å². The number of thiocarbonyl (C=S) groups is 1. The van der Waals surface area contributed by atoms with Crippen molar-refractivity contribution in [3.63, 3.8) is 0 Å². The fourth-order valence-electron chi connectivity index (χ4n) is 3.14. The molecule has 0 aromatic carbocycles. The average molecular weight is 284 g/mol. The van der Waals surface area contributed by atoms with Crippen LogP contribution in [0, 0.1) is 17.3 Å². The highest BCUT2D eigenvalue weighted by molar-refractivity contribution is 7.80. The topological polar surface area (TPSA) is 46.3 Å². The number of carbonyl (C=O) groups excluding carboxylic acids is 1. The third-order valence-electron chi connectivity index (χ3n) is 4.51. The quantitative estimate of drug-likeness (QED) is 0.763. The van der Waals surface area contributed by atoms with Crippen molar-refractivity contribution >= 4 is 23.1 Å². The first-order valence-electron chi connectivity index (χ1n) is 7.48. The molecule has 1 saturated heterocycles. The minimum Gasteiger partial charge on any atom is -0.392 e. The van der Waals surface area contributed by atoms with Crippen molar-refractivity contribution < 1.29 is 4.79 Å². The van der Waals surface area contributed by atoms with E-state index in [-0.39, 0.29) is 5.91 Å². The van der Waals surface area contributed by atoms with Crippen molar-refractivity contribution in [2.24, 2.45) is 23.0 Å². The summed E-state index contributed by atoms with van der Waals surface area (Å²) in [5, 5.41) is 0. The SMILES string of the molecule is CCCC(CCC)(C(=O)N1CC(C)C(C)C1)C(N)=S. The largest absolute Gasteiger partial charge is 0.392 e. The molecule has 0 saturated carbocycles. The molecule has 0 bridgehead atoms. The summed E-state index contributed by atoms with van der Waals surface area (Å²) in [4.78, 5) is 15.3. The van der Waals surface area contributed by atoms with Crippen LogP contribution in [0.4, 0.5) is 0 Å². The van der Waals surface area contributed by atoms with Crippen molar-refractivity contribution in [2.75, 3.05) is 13.1 Å². The maximum atomic E-state index is 12.9. The Balaban J connectivity index is 2.97. The van der Waals surface area contributed by atoms with E-state index in [0.717, 1.165) is 38.8 Å². The molecule has 2 unspecified atom stereocenters. The van der Waals surface area contributed by atoms with E-state index < -0.39 is 5.41 Å². The van der Waals surface area contributed by atoms with Gasteiger partial charge in [-0.3, -0.25) is 4.79 Å². The van der Waals surface area contributed by atoms with Gasteiger partial charge in [0.25, 0.3) is 0 Å². The van der Waals surface area contributed by atoms with Crippen LogP contribution in [0.15, 0.2) is 0 Å². The molecular weight excluding hydrogens is 256 g/mol. The zero-order chi connectivity index (χ0) is 14.6. The van der Waals surface area contributed by atoms with Crippen LogP contribution >= 0.6 is 12.2 Å². The Labute approximate surface area is 122 Å². The summed E-state index contributed by atoms with van der Waals surface area (Å²) >= 11 is 5.26. The molecule has 3 nitrogen and oxygen atoms in total. The Kier molecular flexibility index (Phi) is 5.78. The van der Waals surface area contributed by atoms with Crippen LogP contribution in [0.2, 0.25) is 0 Å². The lowest BCUT2D eigenvalue weighted by Gasteiger charge is -2.35. The summed E-state index contributed by atoms with van der Waals surface area (Å²) in [6.07, 6.45) is 3.41. The molecule has 2 N–H and O–H groups in total. The molecule has 1 heterocycles. The van der Waals surface area contributed by atoms with E-state index in [0.29, 0.717) is 16.8 Å². The highest BCUT2D eigenvalue weighted by Crippen LogP contribution is 2.35. The Bertz CT molecular complexity index is 327. The number of carbonyl (C=O) groups is 1. The summed E-state index contributed by atoms with van der Waals surface area (Å²) in [5.74, 6) is 1.30. The van der Waals surface area contributed by atoms with Gasteiger partial charge in [0.1, 0.15) is 0 Å². The Morgan fingerprint density at radius 2 is 1.63 bits per heavy atom. The molecule has 1 amide bonds. The lowest BCUT2D eigenvalue weighted by Crippen LogP contribution is -2.50. The number of hydrogen-bond donors (Lipinski definition) is 1. The van der Waals surface area contributed by atoms with Crippen molar-refractivity contribution in [3.8, 4) is 0 Å². The summed E-state index contributed by atoms with van der Waals surface area (Å²) in [6.45, 7) is 10.3. The van der Waals surface area contributed by atoms with E-state index in [1.807, 2.05) is 4.90 Å². The van der Waals surface area contributed by atoms with E-state index >= 15 is 0 Å². The van der Waals surface area contributed by atoms with E-state index in [9.17, 15) is 4.79 Å². The zero-order valence-electron chi connectivity index (χ0n) is 12.7. The molecule has 0 aromatic heterocycles. The molecule has 0 radical (unpaired) electrons. The van der Waals surface area contributed by atoms with Gasteiger partial charge in [-0.25, -0.2) is 0 Å². The molecule has 1 aliphatic rings. The van der Waals surface area contributed by atoms with Gasteiger partial charge < -0.3 is 10.6 Å². The fourth-order valence-corrected chi connectivity index (χ4v) is 3.43. The zero-order valence-corrected chi connectivity index (χ0v) is 13.6. The lowest BCUT2D eigenvalue weighted by atomic mass is 9.77. The Morgan fingerprint density at radius 1 is 1.21 bits per heavy atom. The first kappa shape index (κ1) is 16.4. The molecular formula is C15H28N2OS. The predicted molar refractivity (Wildman–Crippen MR) is 83.9 cm³/mol. The summed E-state index contributed by atoms with van der Waals surface area (Å²) in [6, 6.07) is 0. The minimum atomic E-state index is -0.609. The molecule has 0 spiro atoms. The molecule has 110 valence electrons. The molecule has 19 heavy (non-hydrogen) atoms. The number of amides is 1. The van der Waals surface area contributed by atoms with Gasteiger partial charge in [-0.1, -0.05) is 52.8 Å². The second kappa shape index (κ2) is 6.69. The normalized spacial score (nSPS) is 23.7. The lowest BCUT2D eigenvalue weighted by molar-refractivity contribution is -0.138. The van der Waals surface area contributed by atoms with Gasteiger partial charge in [0.2, 0.25) is 5.91 Å². The van der Waals surface area contributed by atoms with E-state index in [2.05, 4.69) is 27.7 Å². The Morgan fingerprint density at radius 3 is 1.95 bits per heavy atom. The summed E-state index contributed by atoms with van der Waals surface area (Å²) in [7, 11) is 0. The monoisotopic (exact) mass is 284 g/mol. The molecule has 1 rings (SSSR count). The summed E-state index contributed by atoms with van der Waals surface area (Å²) < 4.78 is 0. The minimum absolute atomic E-state index is 0.167. The van der Waals surface area contributed by atoms with Crippen LogP contribution in [0.1, 0.15) is 53.4 Å². The van der Waals surface area contributed by atoms with Crippen LogP contribution in [0.3, 0.4) is 0 Å². The standard InChI is InChI=1S/C15H28N2OS/c1-5-7-15(8-6-2,13(16)19)14(18)17-9-11(3)12(4)10-17/h11-12H,5-10H2,1-4H3,(H2,16,19). The molecule has 0 aliphatic carbocycles. The molecule has 1 fully saturated rings. The second-order valence-corrected chi connectivity index (χ2v) is 6.55. The number of nitrogens with zero attached hydrogens (tertiary/aromatic N) is 1. The molecule has 0 aromatic rings. The average Bonchev–Trinajstić information content (AvgIpc) is 2.68. The number of likely N-dealkylation sites (tertiary alicyclic amines) is 1. The van der Waals surface area contributed by atoms with Crippen LogP contribution in [0.25, 0.3) is 0 Å². The molecule has 2 atom stereocenters. The van der Waals surface area contributed by atoms with Gasteiger partial charge >= 0.3 is 0 Å². The number of nitrogens with two attached hydrogens (primary N) is 1. The fraction of sp³-hybridized carbons (Fsp3) is 0.867. The first-order valence-corrected chi connectivity index (χ1v) is 7.89. The van der Waals surface area contributed by atoms with Crippen LogP contribution in [0.5, 0.6) is 0 Å². The van der Waals surface area contributed by atoms with Crippen molar-refractivity contribution in [1.29, 1.82) is 0 Å². The van der Waals surface area contributed by atoms with Crippen molar-refractivity contribution in [1.82, 2.24) is 4.90 Å². The van der Waals surface area contributed by atoms with Gasteiger partial charge in [0.15, 0.2) is 0 Å². The van der Waals surface area contributed by atoms with Gasteiger partial charge in [-0.15, -0.1) is 0 Å². The third kappa shape index (κ3) is 3.28. The number of rotatable bonds is 6. The van der Waals surface area contributed by atoms with Crippen LogP contribution in [-0.4, -0.2) is 28.9 Å².